The van der Waals surface area contributed by atoms with Crippen molar-refractivity contribution >= 4 is 18.0 Å². The van der Waals surface area contributed by atoms with Crippen LogP contribution in [0.25, 0.3) is 0 Å². The lowest BCUT2D eigenvalue weighted by Crippen LogP contribution is -2.38. The van der Waals surface area contributed by atoms with Crippen molar-refractivity contribution in [3.63, 3.8) is 0 Å². The standard InChI is InChI=1S/C17H18O4/c1-3-15(17(2)10-14(19)9-13(17)11-18)21-16(20)12-7-5-4-6-8-12/h3-8,11,13,15H,1,9-10H2,2H3/t13-,15+,17+/m0/s1. The quantitative estimate of drug-likeness (QED) is 0.474. The molecule has 21 heavy (non-hydrogen) atoms. The Morgan fingerprint density at radius 3 is 2.67 bits per heavy atom. The van der Waals surface area contributed by atoms with Gasteiger partial charge in [-0.1, -0.05) is 37.8 Å². The molecule has 2 rings (SSSR count). The third-order valence-electron chi connectivity index (χ3n) is 4.14. The van der Waals surface area contributed by atoms with E-state index in [4.69, 9.17) is 4.74 Å². The summed E-state index contributed by atoms with van der Waals surface area (Å²) >= 11 is 0. The van der Waals surface area contributed by atoms with E-state index in [0.717, 1.165) is 6.29 Å². The summed E-state index contributed by atoms with van der Waals surface area (Å²) in [5.41, 5.74) is -0.287. The Kier molecular flexibility index (Phi) is 4.36. The van der Waals surface area contributed by atoms with Crippen molar-refractivity contribution in [3.8, 4) is 0 Å². The molecule has 1 aliphatic carbocycles. The Labute approximate surface area is 123 Å². The monoisotopic (exact) mass is 286 g/mol. The molecule has 1 aromatic rings. The van der Waals surface area contributed by atoms with E-state index in [9.17, 15) is 14.4 Å². The molecule has 4 heteroatoms. The molecule has 0 heterocycles. The van der Waals surface area contributed by atoms with E-state index in [1.165, 1.54) is 6.08 Å². The highest BCUT2D eigenvalue weighted by Gasteiger charge is 2.49. The van der Waals surface area contributed by atoms with Gasteiger partial charge in [0.1, 0.15) is 18.2 Å². The number of carbonyl (C=O) groups is 3. The summed E-state index contributed by atoms with van der Waals surface area (Å²) in [6.45, 7) is 5.48. The lowest BCUT2D eigenvalue weighted by atomic mass is 9.75. The molecule has 1 saturated carbocycles. The van der Waals surface area contributed by atoms with Gasteiger partial charge in [-0.25, -0.2) is 4.79 Å². The zero-order valence-electron chi connectivity index (χ0n) is 12.0. The van der Waals surface area contributed by atoms with E-state index in [-0.39, 0.29) is 18.6 Å². The van der Waals surface area contributed by atoms with Crippen molar-refractivity contribution < 1.29 is 19.1 Å². The van der Waals surface area contributed by atoms with Gasteiger partial charge in [0.25, 0.3) is 0 Å². The second-order valence-electron chi connectivity index (χ2n) is 5.60. The van der Waals surface area contributed by atoms with Crippen molar-refractivity contribution in [1.29, 1.82) is 0 Å². The molecular weight excluding hydrogens is 268 g/mol. The van der Waals surface area contributed by atoms with Crippen LogP contribution in [-0.4, -0.2) is 24.1 Å². The van der Waals surface area contributed by atoms with Gasteiger partial charge >= 0.3 is 5.97 Å². The molecular formula is C17H18O4. The topological polar surface area (TPSA) is 60.4 Å². The lowest BCUT2D eigenvalue weighted by Gasteiger charge is -2.34. The van der Waals surface area contributed by atoms with Gasteiger partial charge in [0.05, 0.1) is 5.56 Å². The Bertz CT molecular complexity index is 563. The van der Waals surface area contributed by atoms with Gasteiger partial charge in [-0.15, -0.1) is 0 Å². The Hall–Kier alpha value is -2.23. The summed E-state index contributed by atoms with van der Waals surface area (Å²) < 4.78 is 5.48. The highest BCUT2D eigenvalue weighted by molar-refractivity contribution is 5.90. The number of aldehydes is 1. The van der Waals surface area contributed by atoms with Crippen molar-refractivity contribution in [2.24, 2.45) is 11.3 Å². The fourth-order valence-corrected chi connectivity index (χ4v) is 2.83. The summed E-state index contributed by atoms with van der Waals surface area (Å²) in [5.74, 6) is -0.917. The van der Waals surface area contributed by atoms with E-state index >= 15 is 0 Å². The van der Waals surface area contributed by atoms with Gasteiger partial charge in [0.2, 0.25) is 0 Å². The third kappa shape index (κ3) is 2.94. The fourth-order valence-electron chi connectivity index (χ4n) is 2.83. The van der Waals surface area contributed by atoms with Crippen LogP contribution in [0.2, 0.25) is 0 Å². The SMILES string of the molecule is C=C[C@@H](OC(=O)c1ccccc1)[C@]1(C)CC(=O)C[C@H]1C=O. The number of Topliss-reactive ketones (excluding diaryl/α,β-unsaturated/α-hetero) is 1. The van der Waals surface area contributed by atoms with E-state index in [2.05, 4.69) is 6.58 Å². The van der Waals surface area contributed by atoms with Crippen LogP contribution in [0.3, 0.4) is 0 Å². The zero-order chi connectivity index (χ0) is 15.5. The third-order valence-corrected chi connectivity index (χ3v) is 4.14. The summed E-state index contributed by atoms with van der Waals surface area (Å²) in [5, 5.41) is 0. The molecule has 4 nitrogen and oxygen atoms in total. The molecule has 0 saturated heterocycles. The number of esters is 1. The van der Waals surface area contributed by atoms with Gasteiger partial charge in [-0.3, -0.25) is 4.79 Å². The molecule has 0 aromatic heterocycles. The summed E-state index contributed by atoms with van der Waals surface area (Å²) in [6, 6.07) is 8.61. The molecule has 0 spiro atoms. The zero-order valence-corrected chi connectivity index (χ0v) is 12.0. The highest BCUT2D eigenvalue weighted by Crippen LogP contribution is 2.44. The van der Waals surface area contributed by atoms with Gasteiger partial charge < -0.3 is 9.53 Å². The minimum atomic E-state index is -0.717. The molecule has 0 bridgehead atoms. The first-order chi connectivity index (χ1) is 10.0. The molecule has 1 aromatic carbocycles. The predicted octanol–water partition coefficient (Wildman–Crippen LogP) is 2.58. The second-order valence-corrected chi connectivity index (χ2v) is 5.60. The number of rotatable bonds is 5. The Morgan fingerprint density at radius 2 is 2.10 bits per heavy atom. The number of benzene rings is 1. The van der Waals surface area contributed by atoms with E-state index in [0.29, 0.717) is 5.56 Å². The smallest absolute Gasteiger partial charge is 0.338 e. The van der Waals surface area contributed by atoms with Crippen LogP contribution in [0.5, 0.6) is 0 Å². The van der Waals surface area contributed by atoms with Crippen LogP contribution < -0.4 is 0 Å². The minimum Gasteiger partial charge on any atom is -0.454 e. The number of carbonyl (C=O) groups excluding carboxylic acids is 3. The number of ketones is 1. The molecule has 1 fully saturated rings. The van der Waals surface area contributed by atoms with Crippen LogP contribution >= 0.6 is 0 Å². The maximum absolute atomic E-state index is 12.1. The minimum absolute atomic E-state index is 0.0113. The van der Waals surface area contributed by atoms with Gasteiger partial charge in [0, 0.05) is 24.2 Å². The molecule has 0 amide bonds. The van der Waals surface area contributed by atoms with E-state index < -0.39 is 23.4 Å². The number of ether oxygens (including phenoxy) is 1. The van der Waals surface area contributed by atoms with Crippen molar-refractivity contribution in [2.75, 3.05) is 0 Å². The molecule has 0 N–H and O–H groups in total. The molecule has 0 aliphatic heterocycles. The first-order valence-electron chi connectivity index (χ1n) is 6.87. The first kappa shape index (κ1) is 15.2. The summed E-state index contributed by atoms with van der Waals surface area (Å²) in [7, 11) is 0. The molecule has 3 atom stereocenters. The second kappa shape index (κ2) is 6.04. The van der Waals surface area contributed by atoms with Crippen molar-refractivity contribution in [3.05, 3.63) is 48.6 Å². The van der Waals surface area contributed by atoms with Crippen LogP contribution in [-0.2, 0) is 14.3 Å². The molecule has 0 unspecified atom stereocenters. The maximum Gasteiger partial charge on any atom is 0.338 e. The summed E-state index contributed by atoms with van der Waals surface area (Å²) in [6.07, 6.45) is 2.02. The Balaban J connectivity index is 2.20. The van der Waals surface area contributed by atoms with E-state index in [1.807, 2.05) is 0 Å². The van der Waals surface area contributed by atoms with Gasteiger partial charge in [-0.2, -0.15) is 0 Å². The normalized spacial score (nSPS) is 26.1. The largest absolute Gasteiger partial charge is 0.454 e. The number of hydrogen-bond acceptors (Lipinski definition) is 4. The molecule has 110 valence electrons. The highest BCUT2D eigenvalue weighted by atomic mass is 16.5. The average molecular weight is 286 g/mol. The fraction of sp³-hybridized carbons (Fsp3) is 0.353. The van der Waals surface area contributed by atoms with Gasteiger partial charge in [-0.05, 0) is 12.1 Å². The van der Waals surface area contributed by atoms with E-state index in [1.54, 1.807) is 37.3 Å². The van der Waals surface area contributed by atoms with Crippen LogP contribution in [0.4, 0.5) is 0 Å². The lowest BCUT2D eigenvalue weighted by molar-refractivity contribution is -0.119. The van der Waals surface area contributed by atoms with Crippen molar-refractivity contribution in [1.82, 2.24) is 0 Å². The molecule has 0 radical (unpaired) electrons. The van der Waals surface area contributed by atoms with Crippen molar-refractivity contribution in [2.45, 2.75) is 25.9 Å². The van der Waals surface area contributed by atoms with Crippen LogP contribution in [0.15, 0.2) is 43.0 Å². The number of hydrogen-bond donors (Lipinski definition) is 0. The Morgan fingerprint density at radius 1 is 1.43 bits per heavy atom. The first-order valence-corrected chi connectivity index (χ1v) is 6.87. The maximum atomic E-state index is 12.1. The summed E-state index contributed by atoms with van der Waals surface area (Å²) in [4.78, 5) is 35.0. The van der Waals surface area contributed by atoms with Crippen LogP contribution in [0.1, 0.15) is 30.1 Å². The van der Waals surface area contributed by atoms with Gasteiger partial charge in [0.15, 0.2) is 0 Å². The predicted molar refractivity (Wildman–Crippen MR) is 77.7 cm³/mol. The molecule has 1 aliphatic rings. The van der Waals surface area contributed by atoms with Crippen LogP contribution in [0, 0.1) is 11.3 Å². The average Bonchev–Trinajstić information content (AvgIpc) is 2.80.